The lowest BCUT2D eigenvalue weighted by Gasteiger charge is -2.05. The number of carbonyl (C=O) groups excluding carboxylic acids is 1. The molecule has 19 heavy (non-hydrogen) atoms. The summed E-state index contributed by atoms with van der Waals surface area (Å²) in [6.07, 6.45) is 1.39. The molecule has 0 saturated heterocycles. The van der Waals surface area contributed by atoms with E-state index in [-0.39, 0.29) is 17.2 Å². The van der Waals surface area contributed by atoms with Crippen molar-refractivity contribution in [1.82, 2.24) is 4.98 Å². The molecule has 0 bridgehead atoms. The molecule has 0 aliphatic rings. The van der Waals surface area contributed by atoms with Crippen molar-refractivity contribution in [2.45, 2.75) is 0 Å². The smallest absolute Gasteiger partial charge is 0.335 e. The highest BCUT2D eigenvalue weighted by molar-refractivity contribution is 6.03. The molecule has 6 nitrogen and oxygen atoms in total. The van der Waals surface area contributed by atoms with Crippen LogP contribution >= 0.6 is 0 Å². The molecule has 0 saturated carbocycles. The van der Waals surface area contributed by atoms with E-state index in [1.165, 1.54) is 36.5 Å². The summed E-state index contributed by atoms with van der Waals surface area (Å²) in [5.41, 5.74) is 6.83. The average Bonchev–Trinajstić information content (AvgIpc) is 2.40. The van der Waals surface area contributed by atoms with Crippen molar-refractivity contribution < 1.29 is 14.7 Å². The Balaban J connectivity index is 2.10. The highest BCUT2D eigenvalue weighted by atomic mass is 16.4. The summed E-state index contributed by atoms with van der Waals surface area (Å²) in [6, 6.07) is 8.94. The topological polar surface area (TPSA) is 105 Å². The van der Waals surface area contributed by atoms with Crippen LogP contribution in [-0.4, -0.2) is 22.0 Å². The first-order valence-electron chi connectivity index (χ1n) is 5.42. The second-order valence-electron chi connectivity index (χ2n) is 3.81. The summed E-state index contributed by atoms with van der Waals surface area (Å²) in [6.45, 7) is 0. The monoisotopic (exact) mass is 257 g/mol. The van der Waals surface area contributed by atoms with Gasteiger partial charge in [0.05, 0.1) is 17.4 Å². The highest BCUT2D eigenvalue weighted by Gasteiger charge is 2.08. The van der Waals surface area contributed by atoms with Crippen LogP contribution in [0.15, 0.2) is 42.6 Å². The van der Waals surface area contributed by atoms with Gasteiger partial charge in [0.1, 0.15) is 5.69 Å². The quantitative estimate of drug-likeness (QED) is 0.774. The normalized spacial score (nSPS) is 9.89. The van der Waals surface area contributed by atoms with Gasteiger partial charge in [0, 0.05) is 5.69 Å². The van der Waals surface area contributed by atoms with Crippen molar-refractivity contribution in [3.8, 4) is 0 Å². The minimum Gasteiger partial charge on any atom is -0.478 e. The van der Waals surface area contributed by atoms with Crippen LogP contribution in [0.3, 0.4) is 0 Å². The van der Waals surface area contributed by atoms with Gasteiger partial charge in [0.2, 0.25) is 0 Å². The lowest BCUT2D eigenvalue weighted by Crippen LogP contribution is -2.13. The van der Waals surface area contributed by atoms with Crippen molar-refractivity contribution in [1.29, 1.82) is 0 Å². The third-order valence-corrected chi connectivity index (χ3v) is 2.41. The van der Waals surface area contributed by atoms with E-state index >= 15 is 0 Å². The Hall–Kier alpha value is -2.89. The number of nitrogen functional groups attached to an aromatic ring is 1. The third kappa shape index (κ3) is 3.06. The van der Waals surface area contributed by atoms with Crippen molar-refractivity contribution >= 4 is 23.3 Å². The molecule has 1 aromatic heterocycles. The molecule has 6 heteroatoms. The number of nitrogens with zero attached hydrogens (tertiary/aromatic N) is 1. The number of carboxylic acids is 1. The highest BCUT2D eigenvalue weighted by Crippen LogP contribution is 2.11. The van der Waals surface area contributed by atoms with E-state index in [1.807, 2.05) is 0 Å². The van der Waals surface area contributed by atoms with Crippen LogP contribution in [-0.2, 0) is 0 Å². The van der Waals surface area contributed by atoms with Crippen LogP contribution in [0.4, 0.5) is 11.4 Å². The zero-order chi connectivity index (χ0) is 13.8. The molecule has 0 radical (unpaired) electrons. The zero-order valence-electron chi connectivity index (χ0n) is 9.83. The van der Waals surface area contributed by atoms with Gasteiger partial charge in [0.15, 0.2) is 0 Å². The summed E-state index contributed by atoms with van der Waals surface area (Å²) in [5.74, 6) is -1.40. The molecule has 96 valence electrons. The van der Waals surface area contributed by atoms with Gasteiger partial charge in [-0.25, -0.2) is 9.78 Å². The third-order valence-electron chi connectivity index (χ3n) is 2.41. The molecule has 2 rings (SSSR count). The van der Waals surface area contributed by atoms with Crippen LogP contribution in [0.1, 0.15) is 20.8 Å². The fourth-order valence-corrected chi connectivity index (χ4v) is 1.43. The van der Waals surface area contributed by atoms with E-state index in [0.29, 0.717) is 11.4 Å². The van der Waals surface area contributed by atoms with Gasteiger partial charge in [-0.1, -0.05) is 0 Å². The van der Waals surface area contributed by atoms with Gasteiger partial charge in [0.25, 0.3) is 5.91 Å². The number of nitrogens with two attached hydrogens (primary N) is 1. The van der Waals surface area contributed by atoms with E-state index in [1.54, 1.807) is 6.07 Å². The number of amides is 1. The maximum absolute atomic E-state index is 11.8. The summed E-state index contributed by atoms with van der Waals surface area (Å²) in [5, 5.41) is 11.4. The van der Waals surface area contributed by atoms with Crippen molar-refractivity contribution in [3.05, 3.63) is 53.9 Å². The summed E-state index contributed by atoms with van der Waals surface area (Å²) < 4.78 is 0. The van der Waals surface area contributed by atoms with Crippen LogP contribution in [0.5, 0.6) is 0 Å². The number of carboxylic acid groups (broad SMARTS) is 1. The molecule has 0 aliphatic carbocycles. The molecule has 1 aromatic carbocycles. The lowest BCUT2D eigenvalue weighted by atomic mass is 10.2. The standard InChI is InChI=1S/C13H11N3O3/c14-9-3-6-11(15-7-9)12(17)16-10-4-1-8(2-5-10)13(18)19/h1-7H,14H2,(H,16,17)(H,18,19). The van der Waals surface area contributed by atoms with E-state index in [0.717, 1.165) is 0 Å². The Bertz CT molecular complexity index is 606. The number of aromatic carboxylic acids is 1. The van der Waals surface area contributed by atoms with Gasteiger partial charge in [-0.2, -0.15) is 0 Å². The zero-order valence-corrected chi connectivity index (χ0v) is 9.83. The predicted octanol–water partition coefficient (Wildman–Crippen LogP) is 1.61. The molecule has 4 N–H and O–H groups in total. The Morgan fingerprint density at radius 1 is 1.11 bits per heavy atom. The number of anilines is 2. The molecule has 1 amide bonds. The predicted molar refractivity (Wildman–Crippen MR) is 70.0 cm³/mol. The largest absolute Gasteiger partial charge is 0.478 e. The lowest BCUT2D eigenvalue weighted by molar-refractivity contribution is 0.0696. The van der Waals surface area contributed by atoms with Crippen LogP contribution in [0.25, 0.3) is 0 Å². The Morgan fingerprint density at radius 3 is 2.32 bits per heavy atom. The molecular formula is C13H11N3O3. The molecule has 0 aliphatic heterocycles. The first-order valence-corrected chi connectivity index (χ1v) is 5.42. The Morgan fingerprint density at radius 2 is 1.79 bits per heavy atom. The number of benzene rings is 1. The average molecular weight is 257 g/mol. The molecule has 0 unspecified atom stereocenters. The van der Waals surface area contributed by atoms with E-state index in [2.05, 4.69) is 10.3 Å². The minimum absolute atomic E-state index is 0.156. The molecule has 2 aromatic rings. The molecule has 0 fully saturated rings. The van der Waals surface area contributed by atoms with E-state index < -0.39 is 5.97 Å². The first kappa shape index (κ1) is 12.6. The molecule has 1 heterocycles. The molecule has 0 atom stereocenters. The maximum Gasteiger partial charge on any atom is 0.335 e. The summed E-state index contributed by atoms with van der Waals surface area (Å²) in [4.78, 5) is 26.4. The Labute approximate surface area is 108 Å². The maximum atomic E-state index is 11.8. The van der Waals surface area contributed by atoms with Gasteiger partial charge < -0.3 is 16.2 Å². The van der Waals surface area contributed by atoms with Crippen LogP contribution in [0.2, 0.25) is 0 Å². The van der Waals surface area contributed by atoms with E-state index in [9.17, 15) is 9.59 Å². The number of hydrogen-bond donors (Lipinski definition) is 3. The van der Waals surface area contributed by atoms with Gasteiger partial charge in [-0.05, 0) is 36.4 Å². The summed E-state index contributed by atoms with van der Waals surface area (Å²) >= 11 is 0. The van der Waals surface area contributed by atoms with Gasteiger partial charge in [-0.3, -0.25) is 4.79 Å². The summed E-state index contributed by atoms with van der Waals surface area (Å²) in [7, 11) is 0. The Kier molecular flexibility index (Phi) is 3.42. The number of aromatic nitrogens is 1. The fraction of sp³-hybridized carbons (Fsp3) is 0. The van der Waals surface area contributed by atoms with Crippen molar-refractivity contribution in [3.63, 3.8) is 0 Å². The van der Waals surface area contributed by atoms with Crippen LogP contribution < -0.4 is 11.1 Å². The van der Waals surface area contributed by atoms with Crippen molar-refractivity contribution in [2.75, 3.05) is 11.1 Å². The van der Waals surface area contributed by atoms with Crippen LogP contribution in [0, 0.1) is 0 Å². The number of nitrogens with one attached hydrogen (secondary N) is 1. The fourth-order valence-electron chi connectivity index (χ4n) is 1.43. The van der Waals surface area contributed by atoms with Gasteiger partial charge in [-0.15, -0.1) is 0 Å². The van der Waals surface area contributed by atoms with Crippen molar-refractivity contribution in [2.24, 2.45) is 0 Å². The second kappa shape index (κ2) is 5.18. The number of rotatable bonds is 3. The van der Waals surface area contributed by atoms with E-state index in [4.69, 9.17) is 10.8 Å². The number of hydrogen-bond acceptors (Lipinski definition) is 4. The number of carbonyl (C=O) groups is 2. The molecule has 0 spiro atoms. The first-order chi connectivity index (χ1) is 9.06. The molecular weight excluding hydrogens is 246 g/mol. The second-order valence-corrected chi connectivity index (χ2v) is 3.81. The number of pyridine rings is 1. The minimum atomic E-state index is -1.02. The van der Waals surface area contributed by atoms with Gasteiger partial charge >= 0.3 is 5.97 Å². The SMILES string of the molecule is Nc1ccc(C(=O)Nc2ccc(C(=O)O)cc2)nc1.